The summed E-state index contributed by atoms with van der Waals surface area (Å²) in [5.41, 5.74) is 3.06. The summed E-state index contributed by atoms with van der Waals surface area (Å²) in [4.78, 5) is 0. The van der Waals surface area contributed by atoms with Gasteiger partial charge in [0.25, 0.3) is 0 Å². The highest BCUT2D eigenvalue weighted by atomic mass is 16.3. The minimum atomic E-state index is 0.821. The number of furan rings is 1. The van der Waals surface area contributed by atoms with Gasteiger partial charge in [0.2, 0.25) is 0 Å². The molecule has 0 amide bonds. The van der Waals surface area contributed by atoms with E-state index in [0.717, 1.165) is 28.0 Å². The summed E-state index contributed by atoms with van der Waals surface area (Å²) < 4.78 is 5.70. The first-order chi connectivity index (χ1) is 7.80. The predicted molar refractivity (Wildman–Crippen MR) is 70.6 cm³/mol. The quantitative estimate of drug-likeness (QED) is 0.828. The third kappa shape index (κ3) is 1.63. The van der Waals surface area contributed by atoms with Crippen molar-refractivity contribution in [2.45, 2.75) is 6.92 Å². The average molecular weight is 213 g/mol. The monoisotopic (exact) mass is 213 g/mol. The van der Waals surface area contributed by atoms with Crippen molar-refractivity contribution in [2.24, 2.45) is 0 Å². The van der Waals surface area contributed by atoms with Crippen LogP contribution in [0.3, 0.4) is 0 Å². The van der Waals surface area contributed by atoms with Crippen molar-refractivity contribution in [3.63, 3.8) is 0 Å². The van der Waals surface area contributed by atoms with Crippen LogP contribution >= 0.6 is 0 Å². The highest BCUT2D eigenvalue weighted by molar-refractivity contribution is 5.92. The van der Waals surface area contributed by atoms with E-state index in [2.05, 4.69) is 18.0 Å². The van der Waals surface area contributed by atoms with Gasteiger partial charge in [0.05, 0.1) is 0 Å². The molecule has 1 aromatic carbocycles. The maximum absolute atomic E-state index is 5.70. The minimum absolute atomic E-state index is 0.821. The Balaban J connectivity index is 2.75. The van der Waals surface area contributed by atoms with Crippen LogP contribution in [-0.4, -0.2) is 7.05 Å². The standard InChI is InChI=1S/C14H15NO/c1-4-6-11-12-9-10(15-3)7-8-14(12)16-13(11)5-2/h4-9,15H,2H2,1,3H3/b6-4-. The number of benzene rings is 1. The van der Waals surface area contributed by atoms with Crippen molar-refractivity contribution in [1.82, 2.24) is 0 Å². The van der Waals surface area contributed by atoms with Crippen LogP contribution in [0.15, 0.2) is 35.3 Å². The van der Waals surface area contributed by atoms with E-state index in [1.807, 2.05) is 38.3 Å². The summed E-state index contributed by atoms with van der Waals surface area (Å²) in [5, 5.41) is 4.24. The second kappa shape index (κ2) is 4.27. The van der Waals surface area contributed by atoms with E-state index in [1.165, 1.54) is 0 Å². The highest BCUT2D eigenvalue weighted by Gasteiger charge is 2.09. The van der Waals surface area contributed by atoms with Gasteiger partial charge in [-0.1, -0.05) is 18.7 Å². The Kier molecular flexibility index (Phi) is 2.82. The number of hydrogen-bond acceptors (Lipinski definition) is 2. The summed E-state index contributed by atoms with van der Waals surface area (Å²) in [6.07, 6.45) is 5.79. The van der Waals surface area contributed by atoms with Crippen LogP contribution in [0.2, 0.25) is 0 Å². The Morgan fingerprint density at radius 1 is 1.38 bits per heavy atom. The zero-order valence-corrected chi connectivity index (χ0v) is 9.58. The van der Waals surface area contributed by atoms with Gasteiger partial charge in [-0.05, 0) is 31.2 Å². The van der Waals surface area contributed by atoms with Gasteiger partial charge in [-0.25, -0.2) is 0 Å². The highest BCUT2D eigenvalue weighted by Crippen LogP contribution is 2.30. The molecule has 1 heterocycles. The number of anilines is 1. The van der Waals surface area contributed by atoms with E-state index in [0.29, 0.717) is 0 Å². The van der Waals surface area contributed by atoms with Gasteiger partial charge in [-0.2, -0.15) is 0 Å². The summed E-state index contributed by atoms with van der Waals surface area (Å²) in [5.74, 6) is 0.821. The van der Waals surface area contributed by atoms with Crippen LogP contribution in [0, 0.1) is 0 Å². The largest absolute Gasteiger partial charge is 0.456 e. The first-order valence-electron chi connectivity index (χ1n) is 5.29. The third-order valence-corrected chi connectivity index (χ3v) is 2.56. The van der Waals surface area contributed by atoms with Gasteiger partial charge in [-0.3, -0.25) is 0 Å². The Bertz CT molecular complexity index is 549. The lowest BCUT2D eigenvalue weighted by Crippen LogP contribution is -1.86. The van der Waals surface area contributed by atoms with E-state index in [1.54, 1.807) is 6.08 Å². The number of nitrogens with one attached hydrogen (secondary N) is 1. The molecular formula is C14H15NO. The molecule has 0 unspecified atom stereocenters. The molecule has 0 aliphatic rings. The zero-order chi connectivity index (χ0) is 11.5. The van der Waals surface area contributed by atoms with Crippen LogP contribution < -0.4 is 5.32 Å². The molecule has 0 aliphatic carbocycles. The Morgan fingerprint density at radius 3 is 2.81 bits per heavy atom. The van der Waals surface area contributed by atoms with Crippen molar-refractivity contribution in [1.29, 1.82) is 0 Å². The Morgan fingerprint density at radius 2 is 2.19 bits per heavy atom. The Labute approximate surface area is 95.3 Å². The van der Waals surface area contributed by atoms with Gasteiger partial charge in [-0.15, -0.1) is 0 Å². The van der Waals surface area contributed by atoms with E-state index in [9.17, 15) is 0 Å². The normalized spacial score (nSPS) is 11.1. The summed E-state index contributed by atoms with van der Waals surface area (Å²) in [6, 6.07) is 6.06. The molecule has 1 aromatic heterocycles. The van der Waals surface area contributed by atoms with Crippen molar-refractivity contribution in [3.05, 3.63) is 42.2 Å². The van der Waals surface area contributed by atoms with E-state index >= 15 is 0 Å². The van der Waals surface area contributed by atoms with E-state index < -0.39 is 0 Å². The van der Waals surface area contributed by atoms with Crippen molar-refractivity contribution >= 4 is 28.8 Å². The minimum Gasteiger partial charge on any atom is -0.456 e. The predicted octanol–water partition coefficient (Wildman–Crippen LogP) is 4.15. The zero-order valence-electron chi connectivity index (χ0n) is 9.58. The summed E-state index contributed by atoms with van der Waals surface area (Å²) in [6.45, 7) is 5.76. The van der Waals surface area contributed by atoms with Crippen LogP contribution in [0.4, 0.5) is 5.69 Å². The molecule has 1 N–H and O–H groups in total. The molecule has 2 aromatic rings. The van der Waals surface area contributed by atoms with Gasteiger partial charge in [0.1, 0.15) is 11.3 Å². The van der Waals surface area contributed by atoms with Gasteiger partial charge in [0, 0.05) is 23.7 Å². The molecule has 0 spiro atoms. The fourth-order valence-corrected chi connectivity index (χ4v) is 1.78. The van der Waals surface area contributed by atoms with Crippen molar-refractivity contribution < 1.29 is 4.42 Å². The van der Waals surface area contributed by atoms with E-state index in [4.69, 9.17) is 4.42 Å². The SMILES string of the molecule is C=Cc1oc2ccc(NC)cc2c1/C=C\C. The van der Waals surface area contributed by atoms with Gasteiger partial charge < -0.3 is 9.73 Å². The topological polar surface area (TPSA) is 25.2 Å². The van der Waals surface area contributed by atoms with Crippen LogP contribution in [0.25, 0.3) is 23.1 Å². The van der Waals surface area contributed by atoms with Crippen molar-refractivity contribution in [2.75, 3.05) is 12.4 Å². The lowest BCUT2D eigenvalue weighted by molar-refractivity contribution is 0.603. The Hall–Kier alpha value is -1.96. The van der Waals surface area contributed by atoms with Gasteiger partial charge in [0.15, 0.2) is 0 Å². The molecule has 0 aliphatic heterocycles. The average Bonchev–Trinajstić information content (AvgIpc) is 2.67. The molecule has 0 bridgehead atoms. The molecule has 0 fully saturated rings. The summed E-state index contributed by atoms with van der Waals surface area (Å²) in [7, 11) is 1.91. The van der Waals surface area contributed by atoms with E-state index in [-0.39, 0.29) is 0 Å². The molecule has 0 radical (unpaired) electrons. The number of fused-ring (bicyclic) bond motifs is 1. The molecule has 2 rings (SSSR count). The molecule has 0 saturated heterocycles. The molecule has 0 saturated carbocycles. The smallest absolute Gasteiger partial charge is 0.135 e. The molecular weight excluding hydrogens is 198 g/mol. The fourth-order valence-electron chi connectivity index (χ4n) is 1.78. The molecule has 16 heavy (non-hydrogen) atoms. The second-order valence-electron chi connectivity index (χ2n) is 3.55. The second-order valence-corrected chi connectivity index (χ2v) is 3.55. The third-order valence-electron chi connectivity index (χ3n) is 2.56. The molecule has 0 atom stereocenters. The van der Waals surface area contributed by atoms with Crippen LogP contribution in [-0.2, 0) is 0 Å². The molecule has 2 nitrogen and oxygen atoms in total. The van der Waals surface area contributed by atoms with Crippen molar-refractivity contribution in [3.8, 4) is 0 Å². The van der Waals surface area contributed by atoms with Crippen LogP contribution in [0.1, 0.15) is 18.2 Å². The maximum atomic E-state index is 5.70. The first-order valence-corrected chi connectivity index (χ1v) is 5.29. The molecule has 2 heteroatoms. The van der Waals surface area contributed by atoms with Crippen LogP contribution in [0.5, 0.6) is 0 Å². The summed E-state index contributed by atoms with van der Waals surface area (Å²) >= 11 is 0. The number of allylic oxidation sites excluding steroid dienone is 1. The lowest BCUT2D eigenvalue weighted by atomic mass is 10.1. The lowest BCUT2D eigenvalue weighted by Gasteiger charge is -1.98. The van der Waals surface area contributed by atoms with Gasteiger partial charge >= 0.3 is 0 Å². The number of rotatable bonds is 3. The number of hydrogen-bond donors (Lipinski definition) is 1. The molecule has 82 valence electrons. The fraction of sp³-hybridized carbons (Fsp3) is 0.143. The first kappa shape index (κ1) is 10.6. The maximum Gasteiger partial charge on any atom is 0.135 e.